The van der Waals surface area contributed by atoms with E-state index in [2.05, 4.69) is 4.98 Å². The monoisotopic (exact) mass is 373 g/mol. The van der Waals surface area contributed by atoms with Crippen molar-refractivity contribution in [2.45, 2.75) is 39.3 Å². The van der Waals surface area contributed by atoms with Gasteiger partial charge in [0.25, 0.3) is 0 Å². The highest BCUT2D eigenvalue weighted by atomic mass is 35.5. The Morgan fingerprint density at radius 1 is 1.31 bits per heavy atom. The van der Waals surface area contributed by atoms with Crippen LogP contribution < -0.4 is 9.80 Å². The maximum absolute atomic E-state index is 13.1. The van der Waals surface area contributed by atoms with E-state index in [9.17, 15) is 9.90 Å². The number of carbonyl (C=O) groups excluding carboxylic acids is 1. The van der Waals surface area contributed by atoms with Crippen LogP contribution in [-0.2, 0) is 4.79 Å². The number of aromatic nitrogens is 1. The number of likely N-dealkylation sites (N-methyl/N-ethyl adjacent to an activating group) is 1. The summed E-state index contributed by atoms with van der Waals surface area (Å²) in [5, 5.41) is 10.8. The molecule has 138 valence electrons. The Hall–Kier alpha value is -2.11. The van der Waals surface area contributed by atoms with Gasteiger partial charge >= 0.3 is 0 Å². The molecule has 0 spiro atoms. The molecule has 2 atom stereocenters. The van der Waals surface area contributed by atoms with Crippen molar-refractivity contribution in [1.29, 1.82) is 0 Å². The van der Waals surface area contributed by atoms with Gasteiger partial charge in [0.15, 0.2) is 0 Å². The Kier molecular flexibility index (Phi) is 5.21. The van der Waals surface area contributed by atoms with Crippen LogP contribution in [0.4, 0.5) is 11.5 Å². The van der Waals surface area contributed by atoms with Crippen LogP contribution in [0, 0.1) is 20.8 Å². The molecule has 1 saturated heterocycles. The number of β-amino-alcohol motifs (C(OH)–C–C–N with tert-alkyl or cyclic N) is 1. The smallest absolute Gasteiger partial charge is 0.249 e. The number of rotatable bonds is 3. The third-order valence-electron chi connectivity index (χ3n) is 4.87. The summed E-state index contributed by atoms with van der Waals surface area (Å²) in [6.45, 7) is 6.14. The van der Waals surface area contributed by atoms with Crippen LogP contribution in [0.1, 0.15) is 23.2 Å². The second-order valence-electron chi connectivity index (χ2n) is 6.99. The van der Waals surface area contributed by atoms with Gasteiger partial charge in [0, 0.05) is 25.7 Å². The molecule has 0 radical (unpaired) electrons. The molecule has 1 aromatic carbocycles. The number of pyridine rings is 1. The molecule has 1 amide bonds. The molecule has 0 aliphatic carbocycles. The van der Waals surface area contributed by atoms with E-state index in [4.69, 9.17) is 11.6 Å². The number of nitrogens with zero attached hydrogens (tertiary/aromatic N) is 3. The number of amides is 1. The van der Waals surface area contributed by atoms with Crippen molar-refractivity contribution < 1.29 is 9.90 Å². The quantitative estimate of drug-likeness (QED) is 0.897. The molecular weight excluding hydrogens is 350 g/mol. The molecule has 0 saturated carbocycles. The first-order chi connectivity index (χ1) is 12.3. The zero-order chi connectivity index (χ0) is 19.0. The summed E-state index contributed by atoms with van der Waals surface area (Å²) in [6.07, 6.45) is -0.176. The number of aryl methyl sites for hydroxylation is 3. The molecule has 5 nitrogen and oxygen atoms in total. The van der Waals surface area contributed by atoms with Gasteiger partial charge in [-0.15, -0.1) is 0 Å². The van der Waals surface area contributed by atoms with E-state index in [-0.39, 0.29) is 5.91 Å². The fraction of sp³-hybridized carbons (Fsp3) is 0.400. The minimum absolute atomic E-state index is 0.0563. The second-order valence-corrected chi connectivity index (χ2v) is 7.37. The van der Waals surface area contributed by atoms with Gasteiger partial charge in [-0.25, -0.2) is 4.98 Å². The Bertz CT molecular complexity index is 817. The first-order valence-corrected chi connectivity index (χ1v) is 9.08. The number of aliphatic hydroxyl groups is 1. The largest absolute Gasteiger partial charge is 0.391 e. The minimum Gasteiger partial charge on any atom is -0.391 e. The zero-order valence-electron chi connectivity index (χ0n) is 15.5. The van der Waals surface area contributed by atoms with E-state index >= 15 is 0 Å². The Morgan fingerprint density at radius 2 is 2.04 bits per heavy atom. The fourth-order valence-electron chi connectivity index (χ4n) is 3.43. The predicted octanol–water partition coefficient (Wildman–Crippen LogP) is 3.26. The molecule has 0 bridgehead atoms. The van der Waals surface area contributed by atoms with Crippen LogP contribution in [0.3, 0.4) is 0 Å². The van der Waals surface area contributed by atoms with Gasteiger partial charge in [-0.1, -0.05) is 23.7 Å². The summed E-state index contributed by atoms with van der Waals surface area (Å²) >= 11 is 6.22. The van der Waals surface area contributed by atoms with Crippen LogP contribution in [0.5, 0.6) is 0 Å². The van der Waals surface area contributed by atoms with Gasteiger partial charge in [-0.05, 0) is 50.1 Å². The van der Waals surface area contributed by atoms with E-state index in [1.807, 2.05) is 56.0 Å². The molecule has 26 heavy (non-hydrogen) atoms. The van der Waals surface area contributed by atoms with Gasteiger partial charge in [-0.3, -0.25) is 4.79 Å². The van der Waals surface area contributed by atoms with E-state index in [0.29, 0.717) is 23.8 Å². The molecule has 1 aliphatic rings. The van der Waals surface area contributed by atoms with E-state index < -0.39 is 12.1 Å². The topological polar surface area (TPSA) is 56.7 Å². The lowest BCUT2D eigenvalue weighted by atomic mass is 10.1. The minimum atomic E-state index is -0.562. The van der Waals surface area contributed by atoms with Gasteiger partial charge < -0.3 is 14.9 Å². The third-order valence-corrected chi connectivity index (χ3v) is 5.44. The van der Waals surface area contributed by atoms with Crippen molar-refractivity contribution in [1.82, 2.24) is 4.98 Å². The van der Waals surface area contributed by atoms with Crippen LogP contribution in [-0.4, -0.2) is 41.7 Å². The Morgan fingerprint density at radius 3 is 2.69 bits per heavy atom. The Balaban J connectivity index is 1.91. The maximum atomic E-state index is 13.1. The van der Waals surface area contributed by atoms with E-state index in [1.54, 1.807) is 11.9 Å². The lowest BCUT2D eigenvalue weighted by Gasteiger charge is -2.29. The predicted molar refractivity (Wildman–Crippen MR) is 105 cm³/mol. The van der Waals surface area contributed by atoms with Crippen molar-refractivity contribution in [3.63, 3.8) is 0 Å². The Labute approximate surface area is 159 Å². The van der Waals surface area contributed by atoms with Gasteiger partial charge in [-0.2, -0.15) is 0 Å². The summed E-state index contributed by atoms with van der Waals surface area (Å²) < 4.78 is 0. The van der Waals surface area contributed by atoms with Crippen LogP contribution in [0.2, 0.25) is 5.02 Å². The first-order valence-electron chi connectivity index (χ1n) is 8.70. The van der Waals surface area contributed by atoms with E-state index in [1.165, 1.54) is 0 Å². The number of hydrogen-bond donors (Lipinski definition) is 1. The van der Waals surface area contributed by atoms with Crippen LogP contribution in [0.25, 0.3) is 0 Å². The number of anilines is 2. The molecule has 2 aromatic rings. The normalized spacial score (nSPS) is 19.7. The average molecular weight is 374 g/mol. The SMILES string of the molecule is Cc1cccc(N(C)C(=O)C2CC(O)CN2c2cc(C)c(Cl)c(C)n2)c1. The molecule has 3 rings (SSSR count). The molecule has 2 heterocycles. The molecule has 1 fully saturated rings. The molecule has 6 heteroatoms. The first kappa shape index (κ1) is 18.7. The molecule has 2 unspecified atom stereocenters. The summed E-state index contributed by atoms with van der Waals surface area (Å²) in [4.78, 5) is 21.2. The maximum Gasteiger partial charge on any atom is 0.249 e. The summed E-state index contributed by atoms with van der Waals surface area (Å²) in [5.74, 6) is 0.621. The number of carbonyl (C=O) groups is 1. The molecule has 1 N–H and O–H groups in total. The van der Waals surface area contributed by atoms with Gasteiger partial charge in [0.2, 0.25) is 5.91 Å². The highest BCUT2D eigenvalue weighted by Crippen LogP contribution is 2.30. The van der Waals surface area contributed by atoms with Gasteiger partial charge in [0.05, 0.1) is 16.8 Å². The van der Waals surface area contributed by atoms with Gasteiger partial charge in [0.1, 0.15) is 11.9 Å². The van der Waals surface area contributed by atoms with Crippen molar-refractivity contribution in [2.24, 2.45) is 0 Å². The number of aliphatic hydroxyl groups excluding tert-OH is 1. The van der Waals surface area contributed by atoms with Crippen LogP contribution in [0.15, 0.2) is 30.3 Å². The average Bonchev–Trinajstić information content (AvgIpc) is 2.99. The fourth-order valence-corrected chi connectivity index (χ4v) is 3.53. The number of hydrogen-bond acceptors (Lipinski definition) is 4. The molecule has 1 aliphatic heterocycles. The lowest BCUT2D eigenvalue weighted by molar-refractivity contribution is -0.119. The molecular formula is C20H24ClN3O2. The molecule has 1 aromatic heterocycles. The lowest BCUT2D eigenvalue weighted by Crippen LogP contribution is -2.44. The number of halogens is 1. The highest BCUT2D eigenvalue weighted by molar-refractivity contribution is 6.32. The summed E-state index contributed by atoms with van der Waals surface area (Å²) in [6, 6.07) is 9.24. The summed E-state index contributed by atoms with van der Waals surface area (Å²) in [5.41, 5.74) is 3.57. The van der Waals surface area contributed by atoms with Crippen LogP contribution >= 0.6 is 11.6 Å². The standard InChI is InChI=1S/C20H24ClN3O2/c1-12-6-5-7-15(8-12)23(4)20(26)17-10-16(25)11-24(17)18-9-13(2)19(21)14(3)22-18/h5-9,16-17,25H,10-11H2,1-4H3. The van der Waals surface area contributed by atoms with Crippen molar-refractivity contribution in [3.05, 3.63) is 52.2 Å². The highest BCUT2D eigenvalue weighted by Gasteiger charge is 2.38. The van der Waals surface area contributed by atoms with Crippen molar-refractivity contribution in [3.8, 4) is 0 Å². The van der Waals surface area contributed by atoms with Crippen molar-refractivity contribution in [2.75, 3.05) is 23.4 Å². The number of benzene rings is 1. The third kappa shape index (κ3) is 3.55. The summed E-state index contributed by atoms with van der Waals surface area (Å²) in [7, 11) is 1.77. The second kappa shape index (κ2) is 7.25. The van der Waals surface area contributed by atoms with E-state index in [0.717, 1.165) is 22.5 Å². The van der Waals surface area contributed by atoms with Crippen molar-refractivity contribution >= 4 is 29.0 Å². The zero-order valence-corrected chi connectivity index (χ0v) is 16.3.